The Labute approximate surface area is 168 Å². The maximum absolute atomic E-state index is 12.8. The van der Waals surface area contributed by atoms with Gasteiger partial charge in [-0.05, 0) is 29.3 Å². The highest BCUT2D eigenvalue weighted by Gasteiger charge is 2.20. The Morgan fingerprint density at radius 1 is 0.931 bits per heavy atom. The lowest BCUT2D eigenvalue weighted by molar-refractivity contribution is 0.0927. The van der Waals surface area contributed by atoms with Gasteiger partial charge in [0.1, 0.15) is 5.58 Å². The third kappa shape index (κ3) is 3.29. The Bertz CT molecular complexity index is 1250. The number of carbonyl (C=O) groups excluding carboxylic acids is 1. The molecule has 0 spiro atoms. The molecule has 1 amide bonds. The van der Waals surface area contributed by atoms with Crippen LogP contribution in [0.1, 0.15) is 27.6 Å². The van der Waals surface area contributed by atoms with E-state index in [0.717, 1.165) is 22.0 Å². The number of hydrogen-bond donors (Lipinski definition) is 2. The monoisotopic (exact) mass is 380 g/mol. The van der Waals surface area contributed by atoms with Crippen LogP contribution >= 0.6 is 0 Å². The Kier molecular flexibility index (Phi) is 4.37. The fraction of sp³-hybridized carbons (Fsp3) is 0.0800. The van der Waals surface area contributed by atoms with Crippen molar-refractivity contribution >= 4 is 27.8 Å². The van der Waals surface area contributed by atoms with Gasteiger partial charge in [-0.1, -0.05) is 66.7 Å². The Morgan fingerprint density at radius 2 is 1.69 bits per heavy atom. The zero-order chi connectivity index (χ0) is 19.6. The molecular formula is C25H20N2O2. The van der Waals surface area contributed by atoms with Gasteiger partial charge >= 0.3 is 0 Å². The maximum Gasteiger partial charge on any atom is 0.287 e. The summed E-state index contributed by atoms with van der Waals surface area (Å²) in [5.41, 5.74) is 4.12. The molecule has 0 aliphatic rings. The molecule has 4 heteroatoms. The smallest absolute Gasteiger partial charge is 0.287 e. The van der Waals surface area contributed by atoms with E-state index in [1.54, 1.807) is 6.07 Å². The number of aromatic nitrogens is 1. The molecule has 2 heterocycles. The molecule has 0 fully saturated rings. The number of nitrogens with one attached hydrogen (secondary N) is 2. The largest absolute Gasteiger partial charge is 0.451 e. The van der Waals surface area contributed by atoms with Gasteiger partial charge in [-0.3, -0.25) is 4.79 Å². The molecular weight excluding hydrogens is 360 g/mol. The summed E-state index contributed by atoms with van der Waals surface area (Å²) in [6, 6.07) is 27.9. The summed E-state index contributed by atoms with van der Waals surface area (Å²) in [6.45, 7) is 0.474. The zero-order valence-corrected chi connectivity index (χ0v) is 15.8. The summed E-state index contributed by atoms with van der Waals surface area (Å²) in [6.07, 6.45) is 2.04. The van der Waals surface area contributed by atoms with Crippen molar-refractivity contribution in [3.05, 3.63) is 108 Å². The van der Waals surface area contributed by atoms with Crippen LogP contribution in [-0.2, 0) is 0 Å². The molecule has 29 heavy (non-hydrogen) atoms. The second-order valence-electron chi connectivity index (χ2n) is 7.11. The van der Waals surface area contributed by atoms with Crippen LogP contribution in [0, 0.1) is 0 Å². The van der Waals surface area contributed by atoms with Crippen molar-refractivity contribution in [3.63, 3.8) is 0 Å². The van der Waals surface area contributed by atoms with Crippen molar-refractivity contribution in [3.8, 4) is 0 Å². The lowest BCUT2D eigenvalue weighted by Crippen LogP contribution is -2.28. The van der Waals surface area contributed by atoms with Gasteiger partial charge in [0.2, 0.25) is 0 Å². The maximum atomic E-state index is 12.8. The van der Waals surface area contributed by atoms with Crippen molar-refractivity contribution in [2.45, 2.75) is 5.92 Å². The van der Waals surface area contributed by atoms with E-state index in [0.29, 0.717) is 17.9 Å². The van der Waals surface area contributed by atoms with Gasteiger partial charge in [0, 0.05) is 34.9 Å². The molecule has 4 nitrogen and oxygen atoms in total. The highest BCUT2D eigenvalue weighted by atomic mass is 16.3. The molecule has 0 aliphatic heterocycles. The van der Waals surface area contributed by atoms with Crippen LogP contribution in [0.15, 0.2) is 95.5 Å². The zero-order valence-electron chi connectivity index (χ0n) is 15.8. The minimum Gasteiger partial charge on any atom is -0.451 e. The number of furan rings is 1. The van der Waals surface area contributed by atoms with Crippen LogP contribution in [0.2, 0.25) is 0 Å². The van der Waals surface area contributed by atoms with E-state index in [4.69, 9.17) is 4.42 Å². The fourth-order valence-electron chi connectivity index (χ4n) is 3.85. The number of fused-ring (bicyclic) bond motifs is 2. The Morgan fingerprint density at radius 3 is 2.55 bits per heavy atom. The van der Waals surface area contributed by atoms with Crippen molar-refractivity contribution < 1.29 is 9.21 Å². The molecule has 2 N–H and O–H groups in total. The Balaban J connectivity index is 1.45. The number of benzene rings is 3. The second-order valence-corrected chi connectivity index (χ2v) is 7.11. The minimum absolute atomic E-state index is 0.0284. The summed E-state index contributed by atoms with van der Waals surface area (Å²) in [5.74, 6) is 0.152. The molecule has 1 atom stereocenters. The molecule has 0 radical (unpaired) electrons. The standard InChI is InChI=1S/C25H20N2O2/c28-25(24-14-18-10-4-7-13-23(18)29-24)27-15-20(17-8-2-1-3-9-17)21-16-26-22-12-6-5-11-19(21)22/h1-14,16,20,26H,15H2,(H,27,28). The number of para-hydroxylation sites is 2. The third-order valence-corrected chi connectivity index (χ3v) is 5.31. The van der Waals surface area contributed by atoms with Crippen molar-refractivity contribution in [1.82, 2.24) is 10.3 Å². The van der Waals surface area contributed by atoms with Crippen molar-refractivity contribution in [2.75, 3.05) is 6.54 Å². The van der Waals surface area contributed by atoms with E-state index in [1.807, 2.05) is 60.8 Å². The summed E-state index contributed by atoms with van der Waals surface area (Å²) in [5, 5.41) is 5.16. The quantitative estimate of drug-likeness (QED) is 0.424. The van der Waals surface area contributed by atoms with Gasteiger partial charge in [-0.25, -0.2) is 0 Å². The highest BCUT2D eigenvalue weighted by molar-refractivity contribution is 5.96. The van der Waals surface area contributed by atoms with Gasteiger partial charge in [0.15, 0.2) is 5.76 Å². The first-order chi connectivity index (χ1) is 14.3. The predicted molar refractivity (Wildman–Crippen MR) is 115 cm³/mol. The van der Waals surface area contributed by atoms with Gasteiger partial charge in [0.05, 0.1) is 0 Å². The molecule has 1 unspecified atom stereocenters. The number of amides is 1. The van der Waals surface area contributed by atoms with Crippen LogP contribution in [-0.4, -0.2) is 17.4 Å². The SMILES string of the molecule is O=C(NCC(c1ccccc1)c1c[nH]c2ccccc12)c1cc2ccccc2o1. The highest BCUT2D eigenvalue weighted by Crippen LogP contribution is 2.30. The first-order valence-electron chi connectivity index (χ1n) is 9.67. The number of rotatable bonds is 5. The summed E-state index contributed by atoms with van der Waals surface area (Å²) in [7, 11) is 0. The topological polar surface area (TPSA) is 58.0 Å². The van der Waals surface area contributed by atoms with Crippen LogP contribution in [0.3, 0.4) is 0 Å². The van der Waals surface area contributed by atoms with Gasteiger partial charge in [0.25, 0.3) is 5.91 Å². The number of hydrogen-bond acceptors (Lipinski definition) is 2. The van der Waals surface area contributed by atoms with E-state index in [9.17, 15) is 4.79 Å². The molecule has 3 aromatic carbocycles. The number of H-pyrrole nitrogens is 1. The van der Waals surface area contributed by atoms with Crippen LogP contribution in [0.25, 0.3) is 21.9 Å². The lowest BCUT2D eigenvalue weighted by Gasteiger charge is -2.18. The van der Waals surface area contributed by atoms with Crippen LogP contribution in [0.4, 0.5) is 0 Å². The van der Waals surface area contributed by atoms with Gasteiger partial charge in [-0.2, -0.15) is 0 Å². The molecule has 142 valence electrons. The average Bonchev–Trinajstić information content (AvgIpc) is 3.39. The van der Waals surface area contributed by atoms with E-state index in [2.05, 4.69) is 34.6 Å². The second kappa shape index (κ2) is 7.32. The fourth-order valence-corrected chi connectivity index (χ4v) is 3.85. The lowest BCUT2D eigenvalue weighted by atomic mass is 9.91. The van der Waals surface area contributed by atoms with Gasteiger partial charge < -0.3 is 14.7 Å². The molecule has 0 saturated heterocycles. The minimum atomic E-state index is -0.207. The van der Waals surface area contributed by atoms with Gasteiger partial charge in [-0.15, -0.1) is 0 Å². The third-order valence-electron chi connectivity index (χ3n) is 5.31. The summed E-state index contributed by atoms with van der Waals surface area (Å²) >= 11 is 0. The number of aromatic amines is 1. The predicted octanol–water partition coefficient (Wildman–Crippen LogP) is 5.48. The van der Waals surface area contributed by atoms with Crippen LogP contribution in [0.5, 0.6) is 0 Å². The average molecular weight is 380 g/mol. The van der Waals surface area contributed by atoms with Crippen molar-refractivity contribution in [2.24, 2.45) is 0 Å². The van der Waals surface area contributed by atoms with E-state index in [-0.39, 0.29) is 11.8 Å². The molecule has 5 aromatic rings. The van der Waals surface area contributed by atoms with E-state index < -0.39 is 0 Å². The normalized spacial score (nSPS) is 12.3. The summed E-state index contributed by atoms with van der Waals surface area (Å²) in [4.78, 5) is 16.1. The Hall–Kier alpha value is -3.79. The van der Waals surface area contributed by atoms with Crippen LogP contribution < -0.4 is 5.32 Å². The van der Waals surface area contributed by atoms with E-state index >= 15 is 0 Å². The molecule has 5 rings (SSSR count). The van der Waals surface area contributed by atoms with Crippen molar-refractivity contribution in [1.29, 1.82) is 0 Å². The first kappa shape index (κ1) is 17.3. The molecule has 0 bridgehead atoms. The van der Waals surface area contributed by atoms with E-state index in [1.165, 1.54) is 5.39 Å². The summed E-state index contributed by atoms with van der Waals surface area (Å²) < 4.78 is 5.71. The first-order valence-corrected chi connectivity index (χ1v) is 9.67. The number of carbonyl (C=O) groups is 1. The molecule has 2 aromatic heterocycles. The molecule has 0 aliphatic carbocycles. The molecule has 0 saturated carbocycles.